The molecule has 2 heterocycles. The van der Waals surface area contributed by atoms with Crippen molar-refractivity contribution in [1.29, 1.82) is 0 Å². The zero-order valence-electron chi connectivity index (χ0n) is 10.5. The number of rotatable bonds is 2. The number of fused-ring (bicyclic) bond motifs is 1. The van der Waals surface area contributed by atoms with Gasteiger partial charge in [-0.15, -0.1) is 11.6 Å². The molecule has 2 aromatic heterocycles. The number of halogens is 3. The molecule has 0 bridgehead atoms. The molecule has 0 aliphatic rings. The monoisotopic (exact) mass is 413 g/mol. The van der Waals surface area contributed by atoms with E-state index in [2.05, 4.69) is 41.8 Å². The minimum atomic E-state index is -0.213. The van der Waals surface area contributed by atoms with Crippen molar-refractivity contribution >= 4 is 54.6 Å². The van der Waals surface area contributed by atoms with E-state index in [9.17, 15) is 0 Å². The van der Waals surface area contributed by atoms with Gasteiger partial charge in [0.25, 0.3) is 0 Å². The van der Waals surface area contributed by atoms with Gasteiger partial charge < -0.3 is 0 Å². The standard InChI is InChI=1S/C14H10Br2ClN3/c1-8(17)13-19-11-6-9(15)7-18-14(11)20(13)12-5-3-2-4-10(12)16/h2-8H,1H3. The molecule has 102 valence electrons. The fraction of sp³-hybridized carbons (Fsp3) is 0.143. The summed E-state index contributed by atoms with van der Waals surface area (Å²) in [6.07, 6.45) is 1.76. The number of hydrogen-bond donors (Lipinski definition) is 0. The lowest BCUT2D eigenvalue weighted by molar-refractivity contribution is 0.874. The second kappa shape index (κ2) is 5.47. The first kappa shape index (κ1) is 14.0. The Morgan fingerprint density at radius 3 is 2.70 bits per heavy atom. The minimum Gasteiger partial charge on any atom is -0.278 e. The summed E-state index contributed by atoms with van der Waals surface area (Å²) in [6.45, 7) is 1.91. The Labute approximate surface area is 138 Å². The molecule has 0 saturated heterocycles. The second-order valence-electron chi connectivity index (χ2n) is 4.37. The molecule has 1 atom stereocenters. The molecule has 0 aliphatic carbocycles. The Morgan fingerprint density at radius 1 is 1.25 bits per heavy atom. The van der Waals surface area contributed by atoms with Crippen LogP contribution in [-0.2, 0) is 0 Å². The van der Waals surface area contributed by atoms with Crippen molar-refractivity contribution < 1.29 is 0 Å². The lowest BCUT2D eigenvalue weighted by atomic mass is 10.3. The van der Waals surface area contributed by atoms with Crippen LogP contribution in [0.4, 0.5) is 0 Å². The summed E-state index contributed by atoms with van der Waals surface area (Å²) in [5.74, 6) is 0.777. The van der Waals surface area contributed by atoms with E-state index in [1.54, 1.807) is 6.20 Å². The maximum Gasteiger partial charge on any atom is 0.164 e. The third-order valence-corrected chi connectivity index (χ3v) is 4.24. The van der Waals surface area contributed by atoms with Crippen LogP contribution in [0.15, 0.2) is 45.5 Å². The zero-order valence-corrected chi connectivity index (χ0v) is 14.4. The van der Waals surface area contributed by atoms with Crippen molar-refractivity contribution in [2.75, 3.05) is 0 Å². The topological polar surface area (TPSA) is 30.7 Å². The highest BCUT2D eigenvalue weighted by Gasteiger charge is 2.18. The normalized spacial score (nSPS) is 12.8. The van der Waals surface area contributed by atoms with E-state index in [-0.39, 0.29) is 5.38 Å². The van der Waals surface area contributed by atoms with Gasteiger partial charge in [0, 0.05) is 15.1 Å². The van der Waals surface area contributed by atoms with Crippen LogP contribution < -0.4 is 0 Å². The van der Waals surface area contributed by atoms with Crippen molar-refractivity contribution in [3.05, 3.63) is 51.3 Å². The lowest BCUT2D eigenvalue weighted by Crippen LogP contribution is -2.03. The molecule has 0 aliphatic heterocycles. The second-order valence-corrected chi connectivity index (χ2v) is 6.79. The number of alkyl halides is 1. The predicted molar refractivity (Wildman–Crippen MR) is 88.5 cm³/mol. The summed E-state index contributed by atoms with van der Waals surface area (Å²) in [4.78, 5) is 9.08. The van der Waals surface area contributed by atoms with Crippen LogP contribution in [0.1, 0.15) is 18.1 Å². The molecular weight excluding hydrogens is 405 g/mol. The van der Waals surface area contributed by atoms with Gasteiger partial charge in [-0.3, -0.25) is 4.57 Å². The van der Waals surface area contributed by atoms with E-state index >= 15 is 0 Å². The van der Waals surface area contributed by atoms with Gasteiger partial charge in [-0.2, -0.15) is 0 Å². The summed E-state index contributed by atoms with van der Waals surface area (Å²) >= 11 is 13.3. The van der Waals surface area contributed by atoms with E-state index in [0.717, 1.165) is 31.6 Å². The molecule has 0 spiro atoms. The molecule has 1 aromatic carbocycles. The van der Waals surface area contributed by atoms with Gasteiger partial charge in [0.2, 0.25) is 0 Å². The Hall–Kier alpha value is -0.910. The molecule has 1 unspecified atom stereocenters. The van der Waals surface area contributed by atoms with E-state index in [4.69, 9.17) is 11.6 Å². The van der Waals surface area contributed by atoms with Crippen LogP contribution in [-0.4, -0.2) is 14.5 Å². The highest BCUT2D eigenvalue weighted by atomic mass is 79.9. The number of aromatic nitrogens is 3. The fourth-order valence-electron chi connectivity index (χ4n) is 2.10. The average molecular weight is 416 g/mol. The van der Waals surface area contributed by atoms with Crippen molar-refractivity contribution in [3.8, 4) is 5.69 Å². The first-order valence-electron chi connectivity index (χ1n) is 6.01. The van der Waals surface area contributed by atoms with Gasteiger partial charge in [0.1, 0.15) is 11.3 Å². The summed E-state index contributed by atoms with van der Waals surface area (Å²) in [6, 6.07) is 9.90. The maximum atomic E-state index is 6.28. The largest absolute Gasteiger partial charge is 0.278 e. The molecule has 6 heteroatoms. The number of para-hydroxylation sites is 1. The zero-order chi connectivity index (χ0) is 14.3. The molecule has 3 aromatic rings. The number of pyridine rings is 1. The van der Waals surface area contributed by atoms with Crippen LogP contribution in [0.25, 0.3) is 16.9 Å². The highest BCUT2D eigenvalue weighted by molar-refractivity contribution is 9.10. The molecule has 0 N–H and O–H groups in total. The Bertz CT molecular complexity index is 783. The third kappa shape index (κ3) is 2.38. The minimum absolute atomic E-state index is 0.213. The van der Waals surface area contributed by atoms with Crippen molar-refractivity contribution in [2.45, 2.75) is 12.3 Å². The molecular formula is C14H10Br2ClN3. The Balaban J connectivity index is 2.38. The van der Waals surface area contributed by atoms with Crippen LogP contribution >= 0.6 is 43.5 Å². The first-order valence-corrected chi connectivity index (χ1v) is 8.03. The van der Waals surface area contributed by atoms with E-state index in [0.29, 0.717) is 0 Å². The first-order chi connectivity index (χ1) is 9.58. The third-order valence-electron chi connectivity index (χ3n) is 2.94. The summed E-state index contributed by atoms with van der Waals surface area (Å²) in [7, 11) is 0. The smallest absolute Gasteiger partial charge is 0.164 e. The molecule has 3 nitrogen and oxygen atoms in total. The highest BCUT2D eigenvalue weighted by Crippen LogP contribution is 2.31. The van der Waals surface area contributed by atoms with Crippen molar-refractivity contribution in [1.82, 2.24) is 14.5 Å². The van der Waals surface area contributed by atoms with Crippen molar-refractivity contribution in [2.24, 2.45) is 0 Å². The Kier molecular flexibility index (Phi) is 3.84. The lowest BCUT2D eigenvalue weighted by Gasteiger charge is -2.11. The number of benzene rings is 1. The summed E-state index contributed by atoms with van der Waals surface area (Å²) in [5.41, 5.74) is 2.59. The van der Waals surface area contributed by atoms with Gasteiger partial charge in [0.15, 0.2) is 5.65 Å². The van der Waals surface area contributed by atoms with Crippen LogP contribution in [0.5, 0.6) is 0 Å². The SMILES string of the molecule is CC(Cl)c1nc2cc(Br)cnc2n1-c1ccccc1Br. The molecule has 0 fully saturated rings. The van der Waals surface area contributed by atoms with Crippen LogP contribution in [0.2, 0.25) is 0 Å². The number of hydrogen-bond acceptors (Lipinski definition) is 2. The average Bonchev–Trinajstić information content (AvgIpc) is 2.78. The van der Waals surface area contributed by atoms with Crippen LogP contribution in [0.3, 0.4) is 0 Å². The number of nitrogens with zero attached hydrogens (tertiary/aromatic N) is 3. The number of imidazole rings is 1. The van der Waals surface area contributed by atoms with Gasteiger partial charge in [0.05, 0.1) is 11.1 Å². The summed E-state index contributed by atoms with van der Waals surface area (Å²) in [5, 5.41) is -0.213. The van der Waals surface area contributed by atoms with Crippen LogP contribution in [0, 0.1) is 0 Å². The summed E-state index contributed by atoms with van der Waals surface area (Å²) < 4.78 is 3.86. The molecule has 0 amide bonds. The Morgan fingerprint density at radius 2 is 2.00 bits per heavy atom. The fourth-order valence-corrected chi connectivity index (χ4v) is 3.02. The van der Waals surface area contributed by atoms with Gasteiger partial charge in [-0.1, -0.05) is 12.1 Å². The van der Waals surface area contributed by atoms with Crippen molar-refractivity contribution in [3.63, 3.8) is 0 Å². The van der Waals surface area contributed by atoms with E-state index in [1.807, 2.05) is 41.8 Å². The van der Waals surface area contributed by atoms with Gasteiger partial charge in [-0.05, 0) is 57.0 Å². The maximum absolute atomic E-state index is 6.28. The predicted octanol–water partition coefficient (Wildman–Crippen LogP) is 5.25. The van der Waals surface area contributed by atoms with Gasteiger partial charge >= 0.3 is 0 Å². The molecule has 20 heavy (non-hydrogen) atoms. The molecule has 0 radical (unpaired) electrons. The molecule has 0 saturated carbocycles. The van der Waals surface area contributed by atoms with E-state index < -0.39 is 0 Å². The quantitative estimate of drug-likeness (QED) is 0.536. The van der Waals surface area contributed by atoms with Gasteiger partial charge in [-0.25, -0.2) is 9.97 Å². The molecule has 3 rings (SSSR count). The van der Waals surface area contributed by atoms with E-state index in [1.165, 1.54) is 0 Å².